The van der Waals surface area contributed by atoms with Crippen LogP contribution in [-0.4, -0.2) is 33.6 Å². The molecular weight excluding hydrogens is 250 g/mol. The zero-order chi connectivity index (χ0) is 13.3. The Bertz CT molecular complexity index is 607. The van der Waals surface area contributed by atoms with E-state index in [-0.39, 0.29) is 5.97 Å². The Morgan fingerprint density at radius 2 is 2.28 bits per heavy atom. The summed E-state index contributed by atoms with van der Waals surface area (Å²) in [6.45, 7) is 4.06. The summed E-state index contributed by atoms with van der Waals surface area (Å²) in [7, 11) is 1.84. The molecule has 2 aromatic heterocycles. The van der Waals surface area contributed by atoms with Gasteiger partial charge in [-0.1, -0.05) is 0 Å². The first-order chi connectivity index (χ1) is 8.60. The second-order valence-corrected chi connectivity index (χ2v) is 4.65. The third-order valence-electron chi connectivity index (χ3n) is 2.68. The molecule has 96 valence electrons. The van der Waals surface area contributed by atoms with Crippen molar-refractivity contribution in [3.8, 4) is 0 Å². The van der Waals surface area contributed by atoms with Crippen LogP contribution in [0.5, 0.6) is 0 Å². The molecule has 0 bridgehead atoms. The maximum atomic E-state index is 11.9. The van der Waals surface area contributed by atoms with E-state index in [1.54, 1.807) is 17.8 Å². The highest BCUT2D eigenvalue weighted by Crippen LogP contribution is 2.31. The third-order valence-corrected chi connectivity index (χ3v) is 3.51. The zero-order valence-electron chi connectivity index (χ0n) is 10.9. The van der Waals surface area contributed by atoms with Crippen LogP contribution in [0.3, 0.4) is 0 Å². The number of nitrogens with zero attached hydrogens (tertiary/aromatic N) is 3. The van der Waals surface area contributed by atoms with Gasteiger partial charge in [0.15, 0.2) is 5.65 Å². The largest absolute Gasteiger partial charge is 0.462 e. The summed E-state index contributed by atoms with van der Waals surface area (Å²) < 4.78 is 6.77. The van der Waals surface area contributed by atoms with Gasteiger partial charge in [0.05, 0.1) is 23.3 Å². The second kappa shape index (κ2) is 4.97. The van der Waals surface area contributed by atoms with Gasteiger partial charge in [-0.25, -0.2) is 9.78 Å². The lowest BCUT2D eigenvalue weighted by atomic mass is 10.2. The Balaban J connectivity index is 2.69. The van der Waals surface area contributed by atoms with Crippen LogP contribution in [0.2, 0.25) is 0 Å². The summed E-state index contributed by atoms with van der Waals surface area (Å²) in [5.41, 5.74) is 2.16. The Morgan fingerprint density at radius 1 is 1.56 bits per heavy atom. The van der Waals surface area contributed by atoms with Crippen LogP contribution < -0.4 is 0 Å². The van der Waals surface area contributed by atoms with E-state index < -0.39 is 0 Å². The number of fused-ring (bicyclic) bond motifs is 1. The lowest BCUT2D eigenvalue weighted by molar-refractivity contribution is 0.0522. The Morgan fingerprint density at radius 3 is 2.89 bits per heavy atom. The molecule has 6 heteroatoms. The number of thioether (sulfide) groups is 1. The highest BCUT2D eigenvalue weighted by atomic mass is 32.2. The number of aryl methyl sites for hydroxylation is 2. The summed E-state index contributed by atoms with van der Waals surface area (Å²) >= 11 is 1.51. The molecule has 5 nitrogen and oxygen atoms in total. The monoisotopic (exact) mass is 265 g/mol. The fourth-order valence-electron chi connectivity index (χ4n) is 1.95. The van der Waals surface area contributed by atoms with Crippen molar-refractivity contribution >= 4 is 28.8 Å². The Labute approximate surface area is 110 Å². The van der Waals surface area contributed by atoms with Gasteiger partial charge in [0.2, 0.25) is 0 Å². The number of rotatable bonds is 3. The molecule has 0 saturated heterocycles. The highest BCUT2D eigenvalue weighted by Gasteiger charge is 2.19. The van der Waals surface area contributed by atoms with E-state index in [4.69, 9.17) is 4.74 Å². The SMILES string of the molecule is CCOC(=O)c1cnc2c(c(C)nn2C)c1SC. The molecule has 0 aromatic carbocycles. The molecule has 0 aliphatic rings. The minimum atomic E-state index is -0.334. The van der Waals surface area contributed by atoms with Crippen LogP contribution in [0.15, 0.2) is 11.1 Å². The van der Waals surface area contributed by atoms with Crippen molar-refractivity contribution in [1.29, 1.82) is 0 Å². The average Bonchev–Trinajstić information content (AvgIpc) is 2.64. The molecule has 0 unspecified atom stereocenters. The van der Waals surface area contributed by atoms with E-state index in [1.165, 1.54) is 11.8 Å². The van der Waals surface area contributed by atoms with Crippen molar-refractivity contribution in [3.05, 3.63) is 17.5 Å². The molecule has 0 spiro atoms. The van der Waals surface area contributed by atoms with E-state index in [0.29, 0.717) is 12.2 Å². The lowest BCUT2D eigenvalue weighted by Gasteiger charge is -2.07. The molecule has 2 aromatic rings. The number of hydrogen-bond donors (Lipinski definition) is 0. The van der Waals surface area contributed by atoms with Crippen LogP contribution in [-0.2, 0) is 11.8 Å². The van der Waals surface area contributed by atoms with Gasteiger partial charge >= 0.3 is 5.97 Å². The Hall–Kier alpha value is -1.56. The lowest BCUT2D eigenvalue weighted by Crippen LogP contribution is -2.07. The van der Waals surface area contributed by atoms with E-state index in [1.807, 2.05) is 20.2 Å². The normalized spacial score (nSPS) is 10.9. The number of hydrogen-bond acceptors (Lipinski definition) is 5. The number of carbonyl (C=O) groups is 1. The average molecular weight is 265 g/mol. The first-order valence-electron chi connectivity index (χ1n) is 5.63. The quantitative estimate of drug-likeness (QED) is 0.629. The molecule has 2 rings (SSSR count). The molecule has 0 atom stereocenters. The summed E-state index contributed by atoms with van der Waals surface area (Å²) in [5.74, 6) is -0.334. The van der Waals surface area contributed by atoms with Crippen molar-refractivity contribution < 1.29 is 9.53 Å². The van der Waals surface area contributed by atoms with Crippen LogP contribution in [0.25, 0.3) is 11.0 Å². The maximum absolute atomic E-state index is 11.9. The summed E-state index contributed by atoms with van der Waals surface area (Å²) in [5, 5.41) is 5.26. The topological polar surface area (TPSA) is 57.0 Å². The van der Waals surface area contributed by atoms with Crippen molar-refractivity contribution in [3.63, 3.8) is 0 Å². The number of ether oxygens (including phenoxy) is 1. The van der Waals surface area contributed by atoms with Gasteiger partial charge in [0.25, 0.3) is 0 Å². The van der Waals surface area contributed by atoms with Crippen LogP contribution in [0.4, 0.5) is 0 Å². The van der Waals surface area contributed by atoms with Gasteiger partial charge in [-0.2, -0.15) is 5.10 Å². The van der Waals surface area contributed by atoms with Crippen molar-refractivity contribution in [2.75, 3.05) is 12.9 Å². The van der Waals surface area contributed by atoms with Crippen LogP contribution in [0.1, 0.15) is 23.0 Å². The molecule has 0 fully saturated rings. The molecule has 18 heavy (non-hydrogen) atoms. The molecule has 0 saturated carbocycles. The molecule has 0 N–H and O–H groups in total. The number of carbonyl (C=O) groups excluding carboxylic acids is 1. The summed E-state index contributed by atoms with van der Waals surface area (Å²) in [4.78, 5) is 17.1. The zero-order valence-corrected chi connectivity index (χ0v) is 11.7. The molecule has 0 aliphatic carbocycles. The van der Waals surface area contributed by atoms with Crippen molar-refractivity contribution in [2.24, 2.45) is 7.05 Å². The predicted octanol–water partition coefficient (Wildman–Crippen LogP) is 2.18. The van der Waals surface area contributed by atoms with Crippen molar-refractivity contribution in [1.82, 2.24) is 14.8 Å². The highest BCUT2D eigenvalue weighted by molar-refractivity contribution is 7.99. The first kappa shape index (κ1) is 12.9. The third kappa shape index (κ3) is 1.96. The standard InChI is InChI=1S/C12H15N3O2S/c1-5-17-12(16)8-6-13-11-9(10(8)18-4)7(2)14-15(11)3/h6H,5H2,1-4H3. The second-order valence-electron chi connectivity index (χ2n) is 3.83. The van der Waals surface area contributed by atoms with Gasteiger partial charge in [0.1, 0.15) is 0 Å². The van der Waals surface area contributed by atoms with Gasteiger partial charge in [-0.05, 0) is 20.1 Å². The van der Waals surface area contributed by atoms with E-state index in [9.17, 15) is 4.79 Å². The van der Waals surface area contributed by atoms with Gasteiger partial charge < -0.3 is 4.74 Å². The Kier molecular flexibility index (Phi) is 3.56. The predicted molar refractivity (Wildman–Crippen MR) is 71.0 cm³/mol. The summed E-state index contributed by atoms with van der Waals surface area (Å²) in [6, 6.07) is 0. The molecule has 0 amide bonds. The van der Waals surface area contributed by atoms with Crippen LogP contribution in [0, 0.1) is 6.92 Å². The molecule has 0 aliphatic heterocycles. The first-order valence-corrected chi connectivity index (χ1v) is 6.86. The van der Waals surface area contributed by atoms with Crippen molar-refractivity contribution in [2.45, 2.75) is 18.7 Å². The number of aromatic nitrogens is 3. The van der Waals surface area contributed by atoms with E-state index in [0.717, 1.165) is 21.6 Å². The van der Waals surface area contributed by atoms with Crippen LogP contribution >= 0.6 is 11.8 Å². The fourth-order valence-corrected chi connectivity index (χ4v) is 2.74. The fraction of sp³-hybridized carbons (Fsp3) is 0.417. The molecular formula is C12H15N3O2S. The smallest absolute Gasteiger partial charge is 0.340 e. The summed E-state index contributed by atoms with van der Waals surface area (Å²) in [6.07, 6.45) is 3.50. The van der Waals surface area contributed by atoms with Gasteiger partial charge in [0, 0.05) is 18.1 Å². The van der Waals surface area contributed by atoms with Gasteiger partial charge in [-0.15, -0.1) is 11.8 Å². The van der Waals surface area contributed by atoms with E-state index >= 15 is 0 Å². The van der Waals surface area contributed by atoms with Gasteiger partial charge in [-0.3, -0.25) is 4.68 Å². The molecule has 0 radical (unpaired) electrons. The maximum Gasteiger partial charge on any atom is 0.340 e. The number of pyridine rings is 1. The minimum absolute atomic E-state index is 0.334. The van der Waals surface area contributed by atoms with E-state index in [2.05, 4.69) is 10.1 Å². The minimum Gasteiger partial charge on any atom is -0.462 e. The molecule has 2 heterocycles. The number of esters is 1.